The molecule has 4 saturated heterocycles. The Morgan fingerprint density at radius 2 is 0.851 bits per heavy atom. The summed E-state index contributed by atoms with van der Waals surface area (Å²) in [4.78, 5) is 0. The highest BCUT2D eigenvalue weighted by molar-refractivity contribution is 9.09. The number of benzene rings is 4. The molecule has 0 aliphatic carbocycles. The predicted octanol–water partition coefficient (Wildman–Crippen LogP) is 9.17. The third-order valence-corrected chi connectivity index (χ3v) is 26.4. The Morgan fingerprint density at radius 1 is 0.527 bits per heavy atom. The maximum Gasteiger partial charge on any atom is 0.261 e. The highest BCUT2D eigenvalue weighted by Crippen LogP contribution is 2.42. The molecule has 408 valence electrons. The zero-order valence-corrected chi connectivity index (χ0v) is 49.9. The summed E-state index contributed by atoms with van der Waals surface area (Å²) in [6.45, 7) is 23.9. The van der Waals surface area contributed by atoms with E-state index in [9.17, 15) is 5.11 Å². The van der Waals surface area contributed by atoms with Gasteiger partial charge in [0.2, 0.25) is 0 Å². The lowest BCUT2D eigenvalue weighted by molar-refractivity contribution is -0.144. The molecule has 4 aliphatic heterocycles. The molecular weight excluding hydrogens is 1030 g/mol. The van der Waals surface area contributed by atoms with Gasteiger partial charge in [0.15, 0.2) is 11.6 Å². The number of hydrogen-bond donors (Lipinski definition) is 1. The van der Waals surface area contributed by atoms with Gasteiger partial charge in [-0.25, -0.2) is 0 Å². The van der Waals surface area contributed by atoms with Crippen LogP contribution in [-0.2, 0) is 46.7 Å². The number of ether oxygens (including phenoxy) is 8. The second kappa shape index (κ2) is 25.4. The molecule has 11 nitrogen and oxygen atoms in total. The SMILES string of the molecule is CO[C@@H]1[C@@H](CBr)[C@H](CCO[Si](c2ccccc2)(c2ccccc2)C(C)(C)C)O[C@@H]1C[C@H]1COC(C)(C)O1.CO[C@@H]1[C@@H](CO)[C@H](CCO[Si](c2ccccc2)(c2ccccc2)C(C)(C)C)O[C@@H]1C[C@H]1COC(C)(C)O1. The highest BCUT2D eigenvalue weighted by Gasteiger charge is 2.53. The molecule has 4 heterocycles. The first-order chi connectivity index (χ1) is 35.2. The van der Waals surface area contributed by atoms with Crippen LogP contribution in [0.15, 0.2) is 121 Å². The molecule has 4 aliphatic rings. The zero-order valence-electron chi connectivity index (χ0n) is 46.3. The number of methoxy groups -OCH3 is 2. The molecule has 0 radical (unpaired) electrons. The number of rotatable bonds is 20. The summed E-state index contributed by atoms with van der Waals surface area (Å²) in [7, 11) is -1.72. The maximum absolute atomic E-state index is 10.3. The summed E-state index contributed by atoms with van der Waals surface area (Å²) < 4.78 is 62.9. The second-order valence-electron chi connectivity index (χ2n) is 23.5. The van der Waals surface area contributed by atoms with Gasteiger partial charge in [0.05, 0.1) is 68.7 Å². The van der Waals surface area contributed by atoms with Gasteiger partial charge in [-0.1, -0.05) is 179 Å². The summed E-state index contributed by atoms with van der Waals surface area (Å²) in [5.41, 5.74) is 0. The van der Waals surface area contributed by atoms with E-state index in [0.29, 0.717) is 39.3 Å². The molecule has 0 bridgehead atoms. The Hall–Kier alpha value is -2.65. The third kappa shape index (κ3) is 13.4. The van der Waals surface area contributed by atoms with E-state index in [1.54, 1.807) is 14.2 Å². The van der Waals surface area contributed by atoms with Gasteiger partial charge in [-0.2, -0.15) is 0 Å². The van der Waals surface area contributed by atoms with E-state index in [1.807, 2.05) is 27.7 Å². The number of aliphatic hydroxyl groups excluding tert-OH is 1. The first-order valence-electron chi connectivity index (χ1n) is 26.9. The van der Waals surface area contributed by atoms with Crippen molar-refractivity contribution in [3.8, 4) is 0 Å². The van der Waals surface area contributed by atoms with Gasteiger partial charge >= 0.3 is 0 Å². The number of halogens is 1. The molecule has 74 heavy (non-hydrogen) atoms. The van der Waals surface area contributed by atoms with Gasteiger partial charge in [-0.3, -0.25) is 0 Å². The van der Waals surface area contributed by atoms with E-state index in [0.717, 1.165) is 18.2 Å². The normalized spacial score (nSPS) is 28.0. The minimum atomic E-state index is -2.63. The van der Waals surface area contributed by atoms with Gasteiger partial charge in [0, 0.05) is 57.4 Å². The average molecular weight is 1120 g/mol. The molecule has 0 spiro atoms. The number of aliphatic hydroxyl groups is 1. The molecule has 0 unspecified atom stereocenters. The number of hydrogen-bond acceptors (Lipinski definition) is 11. The van der Waals surface area contributed by atoms with Crippen LogP contribution in [0.4, 0.5) is 0 Å². The minimum absolute atomic E-state index is 0.00421. The van der Waals surface area contributed by atoms with Gasteiger partial charge in [0.1, 0.15) is 0 Å². The van der Waals surface area contributed by atoms with Crippen molar-refractivity contribution in [2.24, 2.45) is 11.8 Å². The Labute approximate surface area is 454 Å². The van der Waals surface area contributed by atoms with Crippen molar-refractivity contribution in [2.45, 2.75) is 165 Å². The Kier molecular flexibility index (Phi) is 20.3. The largest absolute Gasteiger partial charge is 0.407 e. The van der Waals surface area contributed by atoms with Gasteiger partial charge in [-0.05, 0) is 71.4 Å². The first-order valence-corrected chi connectivity index (χ1v) is 31.8. The van der Waals surface area contributed by atoms with Crippen molar-refractivity contribution in [1.29, 1.82) is 0 Å². The average Bonchev–Trinajstić information content (AvgIpc) is 4.12. The summed E-state index contributed by atoms with van der Waals surface area (Å²) >= 11 is 3.74. The van der Waals surface area contributed by atoms with Crippen molar-refractivity contribution in [2.75, 3.05) is 52.6 Å². The van der Waals surface area contributed by atoms with E-state index in [2.05, 4.69) is 179 Å². The van der Waals surface area contributed by atoms with Gasteiger partial charge in [0.25, 0.3) is 16.6 Å². The smallest absolute Gasteiger partial charge is 0.261 e. The standard InChI is InChI=1S/C30H43BrO5Si.C30H44O6Si/c2*1-29(2,3)37(23-13-9-7-10-14-23,24-15-11-8-12-16-24)34-18-17-26-25(20-31)28(32-6)27(35-26)19-22-21-33-30(4,5)36-22/h7-16,22,25-28H,17-21H2,1-6H3;7-16,22,25-28,31H,17-21H2,1-6H3/t2*22-,25-,26-,27+,28+/m00/s1. The van der Waals surface area contributed by atoms with E-state index in [-0.39, 0.29) is 77.4 Å². The van der Waals surface area contributed by atoms with Crippen LogP contribution in [-0.4, -0.2) is 135 Å². The van der Waals surface area contributed by atoms with Crippen LogP contribution in [0.25, 0.3) is 0 Å². The second-order valence-corrected chi connectivity index (χ2v) is 32.7. The van der Waals surface area contributed by atoms with Gasteiger partial charge in [-0.15, -0.1) is 0 Å². The molecule has 1 N–H and O–H groups in total. The fraction of sp³-hybridized carbons (Fsp3) is 0.600. The van der Waals surface area contributed by atoms with E-state index >= 15 is 0 Å². The molecule has 0 aromatic heterocycles. The zero-order chi connectivity index (χ0) is 53.4. The van der Waals surface area contributed by atoms with Crippen molar-refractivity contribution in [3.05, 3.63) is 121 Å². The lowest BCUT2D eigenvalue weighted by Crippen LogP contribution is -2.66. The molecule has 8 rings (SSSR count). The highest BCUT2D eigenvalue weighted by atomic mass is 79.9. The molecule has 4 aromatic rings. The molecule has 14 heteroatoms. The van der Waals surface area contributed by atoms with Crippen molar-refractivity contribution >= 4 is 53.3 Å². The van der Waals surface area contributed by atoms with Crippen LogP contribution >= 0.6 is 15.9 Å². The molecule has 10 atom stereocenters. The fourth-order valence-electron chi connectivity index (χ4n) is 12.2. The van der Waals surface area contributed by atoms with Crippen molar-refractivity contribution < 1.29 is 51.9 Å². The van der Waals surface area contributed by atoms with E-state index < -0.39 is 28.2 Å². The summed E-state index contributed by atoms with van der Waals surface area (Å²) in [6, 6.07) is 42.9. The molecule has 4 aromatic carbocycles. The first kappa shape index (κ1) is 59.0. The van der Waals surface area contributed by atoms with Crippen molar-refractivity contribution in [3.63, 3.8) is 0 Å². The van der Waals surface area contributed by atoms with Crippen LogP contribution in [0, 0.1) is 11.8 Å². The van der Waals surface area contributed by atoms with Gasteiger partial charge < -0.3 is 51.9 Å². The summed E-state index contributed by atoms with van der Waals surface area (Å²) in [5, 5.41) is 16.1. The topological polar surface area (TPSA) is 113 Å². The van der Waals surface area contributed by atoms with Crippen molar-refractivity contribution in [1.82, 2.24) is 0 Å². The monoisotopic (exact) mass is 1120 g/mol. The van der Waals surface area contributed by atoms with E-state index in [4.69, 9.17) is 46.7 Å². The summed E-state index contributed by atoms with van der Waals surface area (Å²) in [6.07, 6.45) is 2.38. The fourth-order valence-corrected chi connectivity index (χ4v) is 22.2. The number of alkyl halides is 1. The molecule has 0 saturated carbocycles. The quantitative estimate of drug-likeness (QED) is 0.0676. The van der Waals surface area contributed by atoms with Crippen LogP contribution in [0.2, 0.25) is 10.1 Å². The Balaban J connectivity index is 0.000000216. The maximum atomic E-state index is 10.3. The Bertz CT molecular complexity index is 2040. The summed E-state index contributed by atoms with van der Waals surface area (Å²) in [5.74, 6) is -0.990. The molecule has 0 amide bonds. The lowest BCUT2D eigenvalue weighted by atomic mass is 9.93. The lowest BCUT2D eigenvalue weighted by Gasteiger charge is -2.43. The van der Waals surface area contributed by atoms with Crippen LogP contribution < -0.4 is 20.7 Å². The predicted molar refractivity (Wildman–Crippen MR) is 302 cm³/mol. The van der Waals surface area contributed by atoms with Crippen LogP contribution in [0.5, 0.6) is 0 Å². The van der Waals surface area contributed by atoms with Crippen LogP contribution in [0.3, 0.4) is 0 Å². The van der Waals surface area contributed by atoms with E-state index in [1.165, 1.54) is 20.7 Å². The third-order valence-electron chi connectivity index (χ3n) is 15.6. The molecule has 4 fully saturated rings. The minimum Gasteiger partial charge on any atom is -0.407 e. The Morgan fingerprint density at radius 3 is 1.12 bits per heavy atom. The van der Waals surface area contributed by atoms with Crippen LogP contribution in [0.1, 0.15) is 94.9 Å². The molecular formula is C60H87BrO11Si2.